The second kappa shape index (κ2) is 18.4. The minimum absolute atomic E-state index is 0. The zero-order valence-corrected chi connectivity index (χ0v) is 17.2. The molecule has 5 heteroatoms. The van der Waals surface area contributed by atoms with Crippen molar-refractivity contribution in [1.29, 1.82) is 0 Å². The van der Waals surface area contributed by atoms with Gasteiger partial charge in [0.25, 0.3) is 0 Å². The molecule has 0 aromatic carbocycles. The van der Waals surface area contributed by atoms with Crippen LogP contribution >= 0.6 is 0 Å². The summed E-state index contributed by atoms with van der Waals surface area (Å²) in [5, 5.41) is 17.2. The van der Waals surface area contributed by atoms with Crippen LogP contribution in [0, 0.1) is 53.6 Å². The molecular formula is C16H32CeO4. The van der Waals surface area contributed by atoms with E-state index >= 15 is 0 Å². The van der Waals surface area contributed by atoms with Crippen molar-refractivity contribution in [3.8, 4) is 0 Å². The van der Waals surface area contributed by atoms with Gasteiger partial charge in [-0.3, -0.25) is 9.59 Å². The van der Waals surface area contributed by atoms with Gasteiger partial charge in [0.05, 0.1) is 11.8 Å². The Labute approximate surface area is 163 Å². The Kier molecular flexibility index (Phi) is 22.9. The van der Waals surface area contributed by atoms with Gasteiger partial charge in [-0.1, -0.05) is 53.4 Å². The summed E-state index contributed by atoms with van der Waals surface area (Å²) < 4.78 is 0. The predicted molar refractivity (Wildman–Crippen MR) is 81.9 cm³/mol. The zero-order valence-electron chi connectivity index (χ0n) is 14.0. The van der Waals surface area contributed by atoms with Gasteiger partial charge in [0, 0.05) is 41.7 Å². The van der Waals surface area contributed by atoms with Crippen molar-refractivity contribution in [3.05, 3.63) is 0 Å². The van der Waals surface area contributed by atoms with Gasteiger partial charge in [-0.2, -0.15) is 0 Å². The molecule has 0 aliphatic carbocycles. The molecule has 0 rings (SSSR count). The summed E-state index contributed by atoms with van der Waals surface area (Å²) in [4.78, 5) is 20.9. The fourth-order valence-electron chi connectivity index (χ4n) is 1.91. The van der Waals surface area contributed by atoms with Crippen LogP contribution < -0.4 is 0 Å². The van der Waals surface area contributed by atoms with E-state index in [-0.39, 0.29) is 53.6 Å². The molecule has 0 radical (unpaired) electrons. The number of carboxylic acid groups (broad SMARTS) is 2. The Morgan fingerprint density at radius 2 is 1.05 bits per heavy atom. The summed E-state index contributed by atoms with van der Waals surface area (Å²) in [6.07, 6.45) is 7.43. The summed E-state index contributed by atoms with van der Waals surface area (Å²) in [5.41, 5.74) is 0. The third kappa shape index (κ3) is 16.5. The number of aliphatic carboxylic acids is 2. The Hall–Kier alpha value is 0.317. The summed E-state index contributed by atoms with van der Waals surface area (Å²) in [6.45, 7) is 8.01. The monoisotopic (exact) mass is 428 g/mol. The molecule has 0 fully saturated rings. The average molecular weight is 429 g/mol. The van der Waals surface area contributed by atoms with Crippen LogP contribution in [0.15, 0.2) is 0 Å². The average Bonchev–Trinajstić information content (AvgIpc) is 2.40. The molecule has 0 saturated carbocycles. The number of unbranched alkanes of at least 4 members (excludes halogenated alkanes) is 2. The first-order valence-electron chi connectivity index (χ1n) is 7.89. The second-order valence-electron chi connectivity index (χ2n) is 5.17. The molecule has 0 bridgehead atoms. The van der Waals surface area contributed by atoms with Crippen LogP contribution in [0.4, 0.5) is 0 Å². The van der Waals surface area contributed by atoms with Gasteiger partial charge in [0.2, 0.25) is 0 Å². The third-order valence-corrected chi connectivity index (χ3v) is 3.50. The smallest absolute Gasteiger partial charge is 0.306 e. The summed E-state index contributed by atoms with van der Waals surface area (Å²) >= 11 is 0. The Morgan fingerprint density at radius 3 is 1.19 bits per heavy atom. The van der Waals surface area contributed by atoms with Crippen molar-refractivity contribution in [3.63, 3.8) is 0 Å². The standard InChI is InChI=1S/2C8H16O2.Ce/c2*1-3-5-6-7(4-2)8(9)10;/h2*7H,3-6H2,1-2H3,(H,9,10);. The predicted octanol–water partition coefficient (Wildman–Crippen LogP) is 4.57. The van der Waals surface area contributed by atoms with E-state index in [1.54, 1.807) is 0 Å². The molecule has 0 aliphatic rings. The van der Waals surface area contributed by atoms with Crippen molar-refractivity contribution >= 4 is 11.9 Å². The van der Waals surface area contributed by atoms with E-state index < -0.39 is 11.9 Å². The van der Waals surface area contributed by atoms with Crippen molar-refractivity contribution in [2.75, 3.05) is 0 Å². The van der Waals surface area contributed by atoms with E-state index in [9.17, 15) is 9.59 Å². The largest absolute Gasteiger partial charge is 0.481 e. The number of hydrogen-bond acceptors (Lipinski definition) is 2. The van der Waals surface area contributed by atoms with Crippen LogP contribution in [-0.4, -0.2) is 22.2 Å². The van der Waals surface area contributed by atoms with E-state index in [1.165, 1.54) is 0 Å². The van der Waals surface area contributed by atoms with E-state index in [0.29, 0.717) is 0 Å². The van der Waals surface area contributed by atoms with E-state index in [1.807, 2.05) is 13.8 Å². The molecule has 4 nitrogen and oxygen atoms in total. The van der Waals surface area contributed by atoms with Gasteiger partial charge >= 0.3 is 11.9 Å². The molecule has 0 aromatic rings. The number of hydrogen-bond donors (Lipinski definition) is 2. The quantitative estimate of drug-likeness (QED) is 0.534. The SMILES string of the molecule is CCCCC(CC)C(=O)O.CCCCC(CC)C(=O)O.[Ce]. The normalized spacial score (nSPS) is 12.4. The first-order chi connectivity index (χ1) is 9.44. The van der Waals surface area contributed by atoms with Gasteiger partial charge in [-0.05, 0) is 25.7 Å². The molecule has 0 aromatic heterocycles. The van der Waals surface area contributed by atoms with Gasteiger partial charge in [0.1, 0.15) is 0 Å². The number of carbonyl (C=O) groups is 2. The molecule has 2 N–H and O–H groups in total. The third-order valence-electron chi connectivity index (χ3n) is 3.50. The number of carboxylic acids is 2. The molecule has 0 saturated heterocycles. The summed E-state index contributed by atoms with van der Waals surface area (Å²) in [5.74, 6) is -1.51. The van der Waals surface area contributed by atoms with Gasteiger partial charge in [0.15, 0.2) is 0 Å². The van der Waals surface area contributed by atoms with Crippen LogP contribution in [0.25, 0.3) is 0 Å². The van der Waals surface area contributed by atoms with Gasteiger partial charge < -0.3 is 10.2 Å². The van der Waals surface area contributed by atoms with Gasteiger partial charge in [-0.15, -0.1) is 0 Å². The Morgan fingerprint density at radius 1 is 0.762 bits per heavy atom. The van der Waals surface area contributed by atoms with Crippen molar-refractivity contribution in [2.24, 2.45) is 11.8 Å². The fraction of sp³-hybridized carbons (Fsp3) is 0.875. The van der Waals surface area contributed by atoms with E-state index in [0.717, 1.165) is 51.4 Å². The first-order valence-corrected chi connectivity index (χ1v) is 7.89. The summed E-state index contributed by atoms with van der Waals surface area (Å²) in [7, 11) is 0. The molecule has 124 valence electrons. The molecule has 0 spiro atoms. The van der Waals surface area contributed by atoms with Crippen LogP contribution in [0.3, 0.4) is 0 Å². The Bertz CT molecular complexity index is 231. The van der Waals surface area contributed by atoms with Crippen LogP contribution in [0.5, 0.6) is 0 Å². The fourth-order valence-corrected chi connectivity index (χ4v) is 1.91. The zero-order chi connectivity index (χ0) is 16.0. The number of rotatable bonds is 10. The molecule has 21 heavy (non-hydrogen) atoms. The summed E-state index contributed by atoms with van der Waals surface area (Å²) in [6, 6.07) is 0. The Balaban J connectivity index is -0.000000295. The van der Waals surface area contributed by atoms with E-state index in [2.05, 4.69) is 13.8 Å². The molecule has 0 aliphatic heterocycles. The van der Waals surface area contributed by atoms with Crippen LogP contribution in [0.2, 0.25) is 0 Å². The van der Waals surface area contributed by atoms with Crippen molar-refractivity contribution < 1.29 is 61.5 Å². The molecule has 0 heterocycles. The van der Waals surface area contributed by atoms with Crippen LogP contribution in [-0.2, 0) is 9.59 Å². The van der Waals surface area contributed by atoms with Crippen molar-refractivity contribution in [1.82, 2.24) is 0 Å². The maximum Gasteiger partial charge on any atom is 0.306 e. The molecule has 2 unspecified atom stereocenters. The van der Waals surface area contributed by atoms with Gasteiger partial charge in [-0.25, -0.2) is 0 Å². The first kappa shape index (κ1) is 26.2. The minimum atomic E-state index is -0.643. The van der Waals surface area contributed by atoms with E-state index in [4.69, 9.17) is 10.2 Å². The molecule has 0 amide bonds. The minimum Gasteiger partial charge on any atom is -0.481 e. The van der Waals surface area contributed by atoms with Crippen LogP contribution in [0.1, 0.15) is 79.1 Å². The molecular weight excluding hydrogens is 396 g/mol. The van der Waals surface area contributed by atoms with Crippen molar-refractivity contribution in [2.45, 2.75) is 79.1 Å². The topological polar surface area (TPSA) is 74.6 Å². The maximum atomic E-state index is 10.4. The maximum absolute atomic E-state index is 10.4. The second-order valence-corrected chi connectivity index (χ2v) is 5.17. The molecule has 2 atom stereocenters.